The molecule has 6 nitrogen and oxygen atoms in total. The lowest BCUT2D eigenvalue weighted by Gasteiger charge is -2.30. The van der Waals surface area contributed by atoms with E-state index in [2.05, 4.69) is 10.2 Å². The van der Waals surface area contributed by atoms with Crippen LogP contribution in [0.25, 0.3) is 0 Å². The van der Waals surface area contributed by atoms with Gasteiger partial charge in [-0.3, -0.25) is 4.90 Å². The predicted octanol–water partition coefficient (Wildman–Crippen LogP) is 3.08. The fourth-order valence-electron chi connectivity index (χ4n) is 3.08. The zero-order valence-corrected chi connectivity index (χ0v) is 13.7. The molecule has 2 aliphatic heterocycles. The molecule has 0 spiro atoms. The average molecular weight is 370 g/mol. The number of halogens is 3. The molecular weight excluding hydrogens is 357 g/mol. The van der Waals surface area contributed by atoms with Crippen molar-refractivity contribution in [3.63, 3.8) is 0 Å². The van der Waals surface area contributed by atoms with Gasteiger partial charge in [0, 0.05) is 13.1 Å². The number of hydrogen-bond donors (Lipinski definition) is 0. The molecule has 3 heterocycles. The van der Waals surface area contributed by atoms with Gasteiger partial charge in [0.15, 0.2) is 0 Å². The first-order valence-corrected chi connectivity index (χ1v) is 8.46. The largest absolute Gasteiger partial charge is 0.447 e. The molecule has 2 aliphatic rings. The van der Waals surface area contributed by atoms with Gasteiger partial charge in [-0.1, -0.05) is 23.5 Å². The maximum absolute atomic E-state index is 12.7. The average Bonchev–Trinajstić information content (AvgIpc) is 3.22. The molecule has 10 heteroatoms. The number of carbonyl (C=O) groups excluding carboxylic acids is 1. The van der Waals surface area contributed by atoms with E-state index in [1.165, 1.54) is 0 Å². The molecule has 4 rings (SSSR count). The summed E-state index contributed by atoms with van der Waals surface area (Å²) >= 11 is 0.545. The van der Waals surface area contributed by atoms with Crippen LogP contribution in [0.15, 0.2) is 18.2 Å². The van der Waals surface area contributed by atoms with Gasteiger partial charge in [-0.15, -0.1) is 10.2 Å². The van der Waals surface area contributed by atoms with E-state index >= 15 is 0 Å². The third-order valence-electron chi connectivity index (χ3n) is 4.22. The Kier molecular flexibility index (Phi) is 3.78. The van der Waals surface area contributed by atoms with Crippen LogP contribution in [0.3, 0.4) is 0 Å². The van der Waals surface area contributed by atoms with E-state index < -0.39 is 11.2 Å². The highest BCUT2D eigenvalue weighted by Crippen LogP contribution is 2.37. The maximum atomic E-state index is 12.7. The Morgan fingerprint density at radius 2 is 2.04 bits per heavy atom. The van der Waals surface area contributed by atoms with Gasteiger partial charge in [0.2, 0.25) is 10.1 Å². The highest BCUT2D eigenvalue weighted by molar-refractivity contribution is 7.15. The predicted molar refractivity (Wildman–Crippen MR) is 84.8 cm³/mol. The first-order valence-electron chi connectivity index (χ1n) is 7.64. The van der Waals surface area contributed by atoms with Crippen molar-refractivity contribution < 1.29 is 22.7 Å². The minimum atomic E-state index is -4.48. The summed E-state index contributed by atoms with van der Waals surface area (Å²) < 4.78 is 43.1. The molecule has 0 bridgehead atoms. The minimum absolute atomic E-state index is 0.254. The lowest BCUT2D eigenvalue weighted by molar-refractivity contribution is -0.138. The van der Waals surface area contributed by atoms with Gasteiger partial charge in [-0.25, -0.2) is 4.79 Å². The number of ether oxygens (including phenoxy) is 1. The van der Waals surface area contributed by atoms with Gasteiger partial charge in [-0.2, -0.15) is 13.2 Å². The van der Waals surface area contributed by atoms with E-state index in [0.717, 1.165) is 16.8 Å². The minimum Gasteiger partial charge on any atom is -0.447 e. The topological polar surface area (TPSA) is 58.6 Å². The van der Waals surface area contributed by atoms with E-state index in [1.807, 2.05) is 18.2 Å². The number of nitrogens with zero attached hydrogens (tertiary/aromatic N) is 4. The molecule has 0 saturated carbocycles. The smallest absolute Gasteiger partial charge is 0.445 e. The number of fused-ring (bicyclic) bond motifs is 1. The quantitative estimate of drug-likeness (QED) is 0.813. The lowest BCUT2D eigenvalue weighted by atomic mass is 9.97. The third-order valence-corrected chi connectivity index (χ3v) is 5.25. The number of aromatic nitrogens is 2. The number of anilines is 2. The normalized spacial score (nSPS) is 17.6. The van der Waals surface area contributed by atoms with Crippen molar-refractivity contribution in [3.05, 3.63) is 34.3 Å². The molecule has 0 radical (unpaired) electrons. The highest BCUT2D eigenvalue weighted by atomic mass is 32.1. The summed E-state index contributed by atoms with van der Waals surface area (Å²) in [5, 5.41) is 6.23. The van der Waals surface area contributed by atoms with E-state index in [-0.39, 0.29) is 11.2 Å². The van der Waals surface area contributed by atoms with Crippen LogP contribution in [0.1, 0.15) is 16.1 Å². The van der Waals surface area contributed by atoms with Crippen molar-refractivity contribution in [1.82, 2.24) is 10.2 Å². The first-order chi connectivity index (χ1) is 11.9. The molecule has 132 valence electrons. The van der Waals surface area contributed by atoms with E-state index in [4.69, 9.17) is 4.74 Å². The summed E-state index contributed by atoms with van der Waals surface area (Å²) in [5.74, 6) is 0. The Hall–Kier alpha value is -2.36. The summed E-state index contributed by atoms with van der Waals surface area (Å²) in [5.41, 5.74) is 2.80. The van der Waals surface area contributed by atoms with Crippen LogP contribution >= 0.6 is 11.3 Å². The Balaban J connectivity index is 1.60. The van der Waals surface area contributed by atoms with Gasteiger partial charge in [0.25, 0.3) is 0 Å². The molecule has 1 aromatic carbocycles. The number of carbonyl (C=O) groups is 1. The molecule has 2 aromatic rings. The van der Waals surface area contributed by atoms with Crippen LogP contribution in [0.4, 0.5) is 28.8 Å². The molecule has 0 unspecified atom stereocenters. The van der Waals surface area contributed by atoms with Crippen LogP contribution in [0, 0.1) is 0 Å². The number of alkyl halides is 3. The van der Waals surface area contributed by atoms with Crippen LogP contribution < -0.4 is 9.80 Å². The first kappa shape index (κ1) is 16.1. The van der Waals surface area contributed by atoms with E-state index in [0.29, 0.717) is 44.0 Å². The maximum Gasteiger partial charge on any atom is 0.445 e. The SMILES string of the molecule is O=C1OCCN1c1cccc2c1CCN(c1nnc(C(F)(F)F)s1)C2. The van der Waals surface area contributed by atoms with Crippen molar-refractivity contribution in [2.45, 2.75) is 19.1 Å². The van der Waals surface area contributed by atoms with Crippen molar-refractivity contribution in [2.75, 3.05) is 29.5 Å². The second kappa shape index (κ2) is 5.87. The summed E-state index contributed by atoms with van der Waals surface area (Å²) in [6, 6.07) is 5.62. The number of benzene rings is 1. The van der Waals surface area contributed by atoms with Gasteiger partial charge in [0.1, 0.15) is 6.61 Å². The Labute approximate surface area is 144 Å². The van der Waals surface area contributed by atoms with E-state index in [9.17, 15) is 18.0 Å². The Morgan fingerprint density at radius 1 is 1.20 bits per heavy atom. The van der Waals surface area contributed by atoms with Crippen molar-refractivity contribution in [3.8, 4) is 0 Å². The molecule has 0 aliphatic carbocycles. The van der Waals surface area contributed by atoms with E-state index in [1.54, 1.807) is 9.80 Å². The molecule has 1 fully saturated rings. The Morgan fingerprint density at radius 3 is 2.72 bits per heavy atom. The van der Waals surface area contributed by atoms with Gasteiger partial charge >= 0.3 is 12.3 Å². The van der Waals surface area contributed by atoms with Gasteiger partial charge in [-0.05, 0) is 23.6 Å². The number of hydrogen-bond acceptors (Lipinski definition) is 6. The Bertz CT molecular complexity index is 823. The zero-order valence-electron chi connectivity index (χ0n) is 12.9. The fourth-order valence-corrected chi connectivity index (χ4v) is 3.81. The molecule has 0 atom stereocenters. The molecule has 1 amide bonds. The summed E-state index contributed by atoms with van der Waals surface area (Å²) in [4.78, 5) is 15.2. The van der Waals surface area contributed by atoms with Crippen LogP contribution in [0.5, 0.6) is 0 Å². The molecule has 1 saturated heterocycles. The zero-order chi connectivity index (χ0) is 17.6. The third kappa shape index (κ3) is 2.90. The second-order valence-corrected chi connectivity index (χ2v) is 6.70. The number of amides is 1. The van der Waals surface area contributed by atoms with Crippen LogP contribution in [-0.2, 0) is 23.9 Å². The summed E-state index contributed by atoms with van der Waals surface area (Å²) in [7, 11) is 0. The second-order valence-electron chi connectivity index (χ2n) is 5.74. The fraction of sp³-hybridized carbons (Fsp3) is 0.400. The summed E-state index contributed by atoms with van der Waals surface area (Å²) in [6.45, 7) is 1.81. The van der Waals surface area contributed by atoms with Crippen molar-refractivity contribution in [1.29, 1.82) is 0 Å². The molecule has 25 heavy (non-hydrogen) atoms. The van der Waals surface area contributed by atoms with Crippen molar-refractivity contribution in [2.24, 2.45) is 0 Å². The number of cyclic esters (lactones) is 1. The standard InChI is InChI=1S/C15H13F3N4O2S/c16-15(17,18)12-19-20-13(25-12)21-5-4-10-9(8-21)2-1-3-11(10)22-6-7-24-14(22)23/h1-3H,4-8H2. The molecular formula is C15H13F3N4O2S. The van der Waals surface area contributed by atoms with Crippen LogP contribution in [-0.4, -0.2) is 36.0 Å². The molecule has 0 N–H and O–H groups in total. The monoisotopic (exact) mass is 370 g/mol. The number of rotatable bonds is 2. The van der Waals surface area contributed by atoms with Gasteiger partial charge < -0.3 is 9.64 Å². The van der Waals surface area contributed by atoms with Gasteiger partial charge in [0.05, 0.1) is 12.2 Å². The van der Waals surface area contributed by atoms with Crippen molar-refractivity contribution >= 4 is 28.2 Å². The molecule has 1 aromatic heterocycles. The van der Waals surface area contributed by atoms with Crippen LogP contribution in [0.2, 0.25) is 0 Å². The summed E-state index contributed by atoms with van der Waals surface area (Å²) in [6.07, 6.45) is -4.24. The lowest BCUT2D eigenvalue weighted by Crippen LogP contribution is -2.33. The highest BCUT2D eigenvalue weighted by Gasteiger charge is 2.37.